The molecule has 96 valence electrons. The van der Waals surface area contributed by atoms with E-state index in [9.17, 15) is 0 Å². The Hall–Kier alpha value is -1.51. The van der Waals surface area contributed by atoms with E-state index in [0.717, 1.165) is 23.9 Å². The molecule has 0 aliphatic heterocycles. The summed E-state index contributed by atoms with van der Waals surface area (Å²) >= 11 is 0. The number of nitrogens with two attached hydrogens (primary N) is 1. The molecule has 0 unspecified atom stereocenters. The number of nitrogens with zero attached hydrogens (tertiary/aromatic N) is 2. The topological polar surface area (TPSA) is 43.8 Å². The van der Waals surface area contributed by atoms with Crippen molar-refractivity contribution < 1.29 is 0 Å². The molecule has 1 fully saturated rings. The average molecular weight is 243 g/mol. The first-order valence-electron chi connectivity index (χ1n) is 6.95. The van der Waals surface area contributed by atoms with Crippen molar-refractivity contribution in [1.29, 1.82) is 0 Å². The van der Waals surface area contributed by atoms with Crippen LogP contribution in [-0.2, 0) is 6.54 Å². The summed E-state index contributed by atoms with van der Waals surface area (Å²) in [6, 6.07) is 8.22. The van der Waals surface area contributed by atoms with Gasteiger partial charge in [0.25, 0.3) is 0 Å². The van der Waals surface area contributed by atoms with Crippen LogP contribution in [0.25, 0.3) is 11.0 Å². The zero-order chi connectivity index (χ0) is 12.5. The Kier molecular flexibility index (Phi) is 2.98. The van der Waals surface area contributed by atoms with E-state index in [2.05, 4.69) is 28.6 Å². The molecule has 0 atom stereocenters. The number of para-hydroxylation sites is 2. The van der Waals surface area contributed by atoms with E-state index in [1.54, 1.807) is 0 Å². The molecule has 0 spiro atoms. The number of fused-ring (bicyclic) bond motifs is 1. The fourth-order valence-corrected chi connectivity index (χ4v) is 3.06. The van der Waals surface area contributed by atoms with Gasteiger partial charge in [0, 0.05) is 6.54 Å². The summed E-state index contributed by atoms with van der Waals surface area (Å²) in [7, 11) is 0. The predicted molar refractivity (Wildman–Crippen MR) is 75.3 cm³/mol. The van der Waals surface area contributed by atoms with E-state index < -0.39 is 0 Å². The van der Waals surface area contributed by atoms with Gasteiger partial charge in [-0.05, 0) is 36.8 Å². The van der Waals surface area contributed by atoms with Gasteiger partial charge in [0.05, 0.1) is 11.0 Å². The van der Waals surface area contributed by atoms with Crippen LogP contribution in [0.3, 0.4) is 0 Å². The highest BCUT2D eigenvalue weighted by Gasteiger charge is 2.20. The highest BCUT2D eigenvalue weighted by Crippen LogP contribution is 2.31. The van der Waals surface area contributed by atoms with Crippen molar-refractivity contribution >= 4 is 17.0 Å². The third kappa shape index (κ3) is 2.09. The summed E-state index contributed by atoms with van der Waals surface area (Å²) in [6.07, 6.45) is 5.37. The van der Waals surface area contributed by atoms with Crippen molar-refractivity contribution in [3.05, 3.63) is 24.3 Å². The van der Waals surface area contributed by atoms with Gasteiger partial charge in [-0.3, -0.25) is 0 Å². The lowest BCUT2D eigenvalue weighted by Gasteiger charge is -2.26. The van der Waals surface area contributed by atoms with Crippen molar-refractivity contribution in [2.45, 2.75) is 39.2 Å². The van der Waals surface area contributed by atoms with Crippen LogP contribution in [0.1, 0.15) is 32.6 Å². The highest BCUT2D eigenvalue weighted by molar-refractivity contribution is 5.78. The summed E-state index contributed by atoms with van der Waals surface area (Å²) in [5, 5.41) is 0. The molecule has 3 heteroatoms. The highest BCUT2D eigenvalue weighted by atomic mass is 15.2. The Balaban J connectivity index is 1.84. The Bertz CT molecular complexity index is 536. The lowest BCUT2D eigenvalue weighted by molar-refractivity contribution is 0.267. The first kappa shape index (κ1) is 11.6. The molecule has 1 aromatic carbocycles. The lowest BCUT2D eigenvalue weighted by Crippen LogP contribution is -2.18. The molecule has 1 aromatic heterocycles. The van der Waals surface area contributed by atoms with Crippen molar-refractivity contribution in [1.82, 2.24) is 9.55 Å². The molecule has 0 saturated heterocycles. The molecule has 0 bridgehead atoms. The second-order valence-electron chi connectivity index (χ2n) is 5.70. The number of benzene rings is 1. The Morgan fingerprint density at radius 3 is 2.72 bits per heavy atom. The van der Waals surface area contributed by atoms with E-state index in [-0.39, 0.29) is 0 Å². The molecule has 2 aromatic rings. The minimum atomic E-state index is 0.662. The normalized spacial score (nSPS) is 24.5. The number of imidazole rings is 1. The fraction of sp³-hybridized carbons (Fsp3) is 0.533. The number of nitrogen functional groups attached to an aromatic ring is 1. The van der Waals surface area contributed by atoms with E-state index >= 15 is 0 Å². The summed E-state index contributed by atoms with van der Waals surface area (Å²) in [5.74, 6) is 2.33. The largest absolute Gasteiger partial charge is 0.369 e. The summed E-state index contributed by atoms with van der Waals surface area (Å²) < 4.78 is 2.19. The summed E-state index contributed by atoms with van der Waals surface area (Å²) in [5.41, 5.74) is 8.24. The quantitative estimate of drug-likeness (QED) is 0.878. The van der Waals surface area contributed by atoms with E-state index in [1.165, 1.54) is 31.2 Å². The predicted octanol–water partition coefficient (Wildman–Crippen LogP) is 3.44. The second kappa shape index (κ2) is 4.63. The van der Waals surface area contributed by atoms with Crippen LogP contribution in [0.15, 0.2) is 24.3 Å². The maximum atomic E-state index is 6.05. The van der Waals surface area contributed by atoms with Gasteiger partial charge < -0.3 is 10.3 Å². The molecular weight excluding hydrogens is 222 g/mol. The number of hydrogen-bond acceptors (Lipinski definition) is 2. The van der Waals surface area contributed by atoms with Gasteiger partial charge in [0.1, 0.15) is 0 Å². The first-order valence-corrected chi connectivity index (χ1v) is 6.95. The SMILES string of the molecule is CC1CCC(Cn2c(N)nc3ccccc32)CC1. The lowest BCUT2D eigenvalue weighted by atomic mass is 9.83. The third-order valence-electron chi connectivity index (χ3n) is 4.26. The molecule has 0 radical (unpaired) electrons. The van der Waals surface area contributed by atoms with Crippen molar-refractivity contribution in [3.8, 4) is 0 Å². The van der Waals surface area contributed by atoms with Crippen LogP contribution in [0.4, 0.5) is 5.95 Å². The first-order chi connectivity index (χ1) is 8.74. The van der Waals surface area contributed by atoms with Gasteiger partial charge in [0.15, 0.2) is 0 Å². The zero-order valence-electron chi connectivity index (χ0n) is 11.0. The molecule has 1 aliphatic rings. The molecular formula is C15H21N3. The molecule has 18 heavy (non-hydrogen) atoms. The van der Waals surface area contributed by atoms with Crippen molar-refractivity contribution in [2.75, 3.05) is 5.73 Å². The van der Waals surface area contributed by atoms with E-state index in [4.69, 9.17) is 5.73 Å². The molecule has 2 N–H and O–H groups in total. The summed E-state index contributed by atoms with van der Waals surface area (Å²) in [6.45, 7) is 3.39. The average Bonchev–Trinajstić information content (AvgIpc) is 2.69. The van der Waals surface area contributed by atoms with E-state index in [0.29, 0.717) is 5.95 Å². The number of rotatable bonds is 2. The van der Waals surface area contributed by atoms with Gasteiger partial charge in [-0.15, -0.1) is 0 Å². The van der Waals surface area contributed by atoms with Crippen LogP contribution in [0.5, 0.6) is 0 Å². The minimum absolute atomic E-state index is 0.662. The Labute approximate surface area is 108 Å². The van der Waals surface area contributed by atoms with Crippen LogP contribution in [-0.4, -0.2) is 9.55 Å². The van der Waals surface area contributed by atoms with Crippen molar-refractivity contribution in [3.63, 3.8) is 0 Å². The van der Waals surface area contributed by atoms with Gasteiger partial charge in [-0.2, -0.15) is 0 Å². The number of aromatic nitrogens is 2. The second-order valence-corrected chi connectivity index (χ2v) is 5.70. The smallest absolute Gasteiger partial charge is 0.201 e. The van der Waals surface area contributed by atoms with E-state index in [1.807, 2.05) is 12.1 Å². The number of anilines is 1. The van der Waals surface area contributed by atoms with Crippen LogP contribution in [0, 0.1) is 11.8 Å². The monoisotopic (exact) mass is 243 g/mol. The van der Waals surface area contributed by atoms with Gasteiger partial charge in [-0.25, -0.2) is 4.98 Å². The molecule has 3 nitrogen and oxygen atoms in total. The fourth-order valence-electron chi connectivity index (χ4n) is 3.06. The standard InChI is InChI=1S/C15H21N3/c1-11-6-8-12(9-7-11)10-18-14-5-3-2-4-13(14)17-15(18)16/h2-5,11-12H,6-10H2,1H3,(H2,16,17). The van der Waals surface area contributed by atoms with Crippen LogP contribution in [0.2, 0.25) is 0 Å². The molecule has 1 aliphatic carbocycles. The maximum Gasteiger partial charge on any atom is 0.201 e. The number of hydrogen-bond donors (Lipinski definition) is 1. The molecule has 0 amide bonds. The maximum absolute atomic E-state index is 6.05. The van der Waals surface area contributed by atoms with Gasteiger partial charge in [-0.1, -0.05) is 31.9 Å². The zero-order valence-corrected chi connectivity index (χ0v) is 11.0. The molecule has 3 rings (SSSR count). The van der Waals surface area contributed by atoms with Crippen LogP contribution >= 0.6 is 0 Å². The summed E-state index contributed by atoms with van der Waals surface area (Å²) in [4.78, 5) is 4.43. The molecule has 1 heterocycles. The van der Waals surface area contributed by atoms with Gasteiger partial charge >= 0.3 is 0 Å². The molecule has 1 saturated carbocycles. The van der Waals surface area contributed by atoms with Gasteiger partial charge in [0.2, 0.25) is 5.95 Å². The van der Waals surface area contributed by atoms with Crippen molar-refractivity contribution in [2.24, 2.45) is 11.8 Å². The van der Waals surface area contributed by atoms with Crippen LogP contribution < -0.4 is 5.73 Å². The Morgan fingerprint density at radius 2 is 1.94 bits per heavy atom. The third-order valence-corrected chi connectivity index (χ3v) is 4.26. The Morgan fingerprint density at radius 1 is 1.22 bits per heavy atom. The minimum Gasteiger partial charge on any atom is -0.369 e.